The Hall–Kier alpha value is -2.65. The lowest BCUT2D eigenvalue weighted by Gasteiger charge is -2.16. The van der Waals surface area contributed by atoms with Crippen LogP contribution >= 0.6 is 0 Å². The number of amides is 1. The predicted octanol–water partition coefficient (Wildman–Crippen LogP) is 1.99. The molecule has 1 amide bonds. The highest BCUT2D eigenvalue weighted by Gasteiger charge is 2.27. The van der Waals surface area contributed by atoms with Crippen LogP contribution in [0.1, 0.15) is 30.3 Å². The van der Waals surface area contributed by atoms with Crippen LogP contribution in [0, 0.1) is 0 Å². The van der Waals surface area contributed by atoms with Crippen molar-refractivity contribution in [2.24, 2.45) is 7.05 Å². The van der Waals surface area contributed by atoms with Gasteiger partial charge in [0.15, 0.2) is 6.10 Å². The summed E-state index contributed by atoms with van der Waals surface area (Å²) in [7, 11) is -1.79. The van der Waals surface area contributed by atoms with Crippen LogP contribution in [0.4, 0.5) is 5.69 Å². The van der Waals surface area contributed by atoms with Crippen molar-refractivity contribution in [1.29, 1.82) is 0 Å². The number of carbonyl (C=O) groups excluding carboxylic acids is 2. The maximum absolute atomic E-state index is 12.5. The number of nitrogens with one attached hydrogen (secondary N) is 1. The van der Waals surface area contributed by atoms with Gasteiger partial charge >= 0.3 is 5.97 Å². The Morgan fingerprint density at radius 3 is 2.32 bits per heavy atom. The molecule has 8 nitrogen and oxygen atoms in total. The van der Waals surface area contributed by atoms with E-state index in [0.29, 0.717) is 24.5 Å². The number of benzene rings is 1. The zero-order valence-corrected chi connectivity index (χ0v) is 16.6. The molecule has 0 spiro atoms. The minimum atomic E-state index is -3.50. The SMILES string of the molecule is C[C@@H](OC(=O)c1cccn1C)C(=O)Nc1ccc(S(=O)(=O)N2CCCC2)cc1. The highest BCUT2D eigenvalue weighted by atomic mass is 32.2. The normalized spacial score (nSPS) is 15.9. The van der Waals surface area contributed by atoms with Gasteiger partial charge in [0.05, 0.1) is 4.90 Å². The molecule has 0 unspecified atom stereocenters. The first kappa shape index (κ1) is 20.1. The van der Waals surface area contributed by atoms with Crippen molar-refractivity contribution < 1.29 is 22.7 Å². The molecule has 9 heteroatoms. The van der Waals surface area contributed by atoms with Crippen molar-refractivity contribution in [1.82, 2.24) is 8.87 Å². The number of rotatable bonds is 6. The number of aromatic nitrogens is 1. The van der Waals surface area contributed by atoms with Crippen molar-refractivity contribution in [3.63, 3.8) is 0 Å². The van der Waals surface area contributed by atoms with Crippen LogP contribution in [0.25, 0.3) is 0 Å². The molecule has 0 radical (unpaired) electrons. The Morgan fingerprint density at radius 2 is 1.75 bits per heavy atom. The first-order valence-corrected chi connectivity index (χ1v) is 10.5. The van der Waals surface area contributed by atoms with Gasteiger partial charge in [0, 0.05) is 32.0 Å². The van der Waals surface area contributed by atoms with E-state index in [2.05, 4.69) is 5.32 Å². The topological polar surface area (TPSA) is 97.7 Å². The molecule has 1 N–H and O–H groups in total. The molecule has 150 valence electrons. The zero-order chi connectivity index (χ0) is 20.3. The largest absolute Gasteiger partial charge is 0.448 e. The lowest BCUT2D eigenvalue weighted by atomic mass is 10.3. The second-order valence-corrected chi connectivity index (χ2v) is 8.61. The fourth-order valence-electron chi connectivity index (χ4n) is 2.98. The van der Waals surface area contributed by atoms with E-state index in [9.17, 15) is 18.0 Å². The lowest BCUT2D eigenvalue weighted by Crippen LogP contribution is -2.30. The van der Waals surface area contributed by atoms with E-state index in [0.717, 1.165) is 12.8 Å². The summed E-state index contributed by atoms with van der Waals surface area (Å²) in [5, 5.41) is 2.62. The number of esters is 1. The average molecular weight is 405 g/mol. The summed E-state index contributed by atoms with van der Waals surface area (Å²) < 4.78 is 33.3. The first-order chi connectivity index (χ1) is 13.3. The second kappa shape index (κ2) is 8.15. The van der Waals surface area contributed by atoms with Gasteiger partial charge < -0.3 is 14.6 Å². The van der Waals surface area contributed by atoms with E-state index >= 15 is 0 Å². The third-order valence-corrected chi connectivity index (χ3v) is 6.54. The van der Waals surface area contributed by atoms with Crippen molar-refractivity contribution in [2.75, 3.05) is 18.4 Å². The van der Waals surface area contributed by atoms with Gasteiger partial charge in [-0.3, -0.25) is 4.79 Å². The molecule has 1 saturated heterocycles. The molecule has 0 saturated carbocycles. The van der Waals surface area contributed by atoms with Crippen LogP contribution in [0.5, 0.6) is 0 Å². The third-order valence-electron chi connectivity index (χ3n) is 4.63. The molecule has 1 aromatic heterocycles. The van der Waals surface area contributed by atoms with Crippen LogP contribution in [-0.4, -0.2) is 48.4 Å². The van der Waals surface area contributed by atoms with Gasteiger partial charge in [0.25, 0.3) is 5.91 Å². The van der Waals surface area contributed by atoms with Gasteiger partial charge in [-0.25, -0.2) is 13.2 Å². The van der Waals surface area contributed by atoms with Crippen LogP contribution in [-0.2, 0) is 26.6 Å². The summed E-state index contributed by atoms with van der Waals surface area (Å²) >= 11 is 0. The van der Waals surface area contributed by atoms with Crippen LogP contribution in [0.2, 0.25) is 0 Å². The number of carbonyl (C=O) groups is 2. The molecule has 2 aromatic rings. The minimum absolute atomic E-state index is 0.190. The van der Waals surface area contributed by atoms with E-state index in [1.807, 2.05) is 0 Å². The molecule has 1 aliphatic heterocycles. The van der Waals surface area contributed by atoms with E-state index in [4.69, 9.17) is 4.74 Å². The van der Waals surface area contributed by atoms with Gasteiger partial charge in [-0.2, -0.15) is 4.31 Å². The van der Waals surface area contributed by atoms with Crippen LogP contribution in [0.15, 0.2) is 47.5 Å². The molecule has 0 aliphatic carbocycles. The summed E-state index contributed by atoms with van der Waals surface area (Å²) in [6, 6.07) is 9.28. The Bertz CT molecular complexity index is 960. The van der Waals surface area contributed by atoms with Gasteiger partial charge in [-0.05, 0) is 56.2 Å². The smallest absolute Gasteiger partial charge is 0.355 e. The second-order valence-electron chi connectivity index (χ2n) is 6.68. The Labute approximate surface area is 164 Å². The van der Waals surface area contributed by atoms with Gasteiger partial charge in [0.2, 0.25) is 10.0 Å². The highest BCUT2D eigenvalue weighted by Crippen LogP contribution is 2.22. The molecule has 1 fully saturated rings. The molecule has 3 rings (SSSR count). The number of hydrogen-bond acceptors (Lipinski definition) is 5. The molecular weight excluding hydrogens is 382 g/mol. The first-order valence-electron chi connectivity index (χ1n) is 9.02. The fraction of sp³-hybridized carbons (Fsp3) is 0.368. The van der Waals surface area contributed by atoms with E-state index in [1.54, 1.807) is 29.9 Å². The van der Waals surface area contributed by atoms with Gasteiger partial charge in [-0.15, -0.1) is 0 Å². The van der Waals surface area contributed by atoms with Crippen molar-refractivity contribution in [3.05, 3.63) is 48.3 Å². The summed E-state index contributed by atoms with van der Waals surface area (Å²) in [4.78, 5) is 24.5. The molecule has 1 aliphatic rings. The summed E-state index contributed by atoms with van der Waals surface area (Å²) in [5.41, 5.74) is 0.767. The molecule has 1 atom stereocenters. The minimum Gasteiger partial charge on any atom is -0.448 e. The Kier molecular flexibility index (Phi) is 5.85. The number of nitrogens with zero attached hydrogens (tertiary/aromatic N) is 2. The maximum atomic E-state index is 12.5. The molecule has 1 aromatic carbocycles. The van der Waals surface area contributed by atoms with Crippen molar-refractivity contribution >= 4 is 27.6 Å². The molecule has 28 heavy (non-hydrogen) atoms. The fourth-order valence-corrected chi connectivity index (χ4v) is 4.50. The zero-order valence-electron chi connectivity index (χ0n) is 15.8. The number of hydrogen-bond donors (Lipinski definition) is 1. The summed E-state index contributed by atoms with van der Waals surface area (Å²) in [6.07, 6.45) is 2.44. The average Bonchev–Trinajstić information content (AvgIpc) is 3.34. The summed E-state index contributed by atoms with van der Waals surface area (Å²) in [5.74, 6) is -1.10. The maximum Gasteiger partial charge on any atom is 0.355 e. The van der Waals surface area contributed by atoms with Crippen molar-refractivity contribution in [2.45, 2.75) is 30.8 Å². The molecular formula is C19H23N3O5S. The van der Waals surface area contributed by atoms with E-state index < -0.39 is 28.0 Å². The third kappa shape index (κ3) is 4.26. The Balaban J connectivity index is 1.61. The number of ether oxygens (including phenoxy) is 1. The Morgan fingerprint density at radius 1 is 1.11 bits per heavy atom. The van der Waals surface area contributed by atoms with Gasteiger partial charge in [-0.1, -0.05) is 0 Å². The monoisotopic (exact) mass is 405 g/mol. The van der Waals surface area contributed by atoms with E-state index in [-0.39, 0.29) is 4.90 Å². The van der Waals surface area contributed by atoms with Crippen LogP contribution < -0.4 is 5.32 Å². The number of anilines is 1. The number of aryl methyl sites for hydroxylation is 1. The van der Waals surface area contributed by atoms with Gasteiger partial charge in [0.1, 0.15) is 5.69 Å². The number of sulfonamides is 1. The van der Waals surface area contributed by atoms with Crippen molar-refractivity contribution in [3.8, 4) is 0 Å². The van der Waals surface area contributed by atoms with E-state index in [1.165, 1.54) is 35.5 Å². The lowest BCUT2D eigenvalue weighted by molar-refractivity contribution is -0.123. The van der Waals surface area contributed by atoms with Crippen LogP contribution in [0.3, 0.4) is 0 Å². The predicted molar refractivity (Wildman–Crippen MR) is 103 cm³/mol. The molecule has 0 bridgehead atoms. The quantitative estimate of drug-likeness (QED) is 0.742. The standard InChI is InChI=1S/C19H23N3O5S/c1-14(27-19(24)17-6-5-11-21(17)2)18(23)20-15-7-9-16(10-8-15)28(25,26)22-12-3-4-13-22/h5-11,14H,3-4,12-13H2,1-2H3,(H,20,23)/t14-/m1/s1. The highest BCUT2D eigenvalue weighted by molar-refractivity contribution is 7.89. The summed E-state index contributed by atoms with van der Waals surface area (Å²) in [6.45, 7) is 2.54. The molecule has 2 heterocycles.